The minimum absolute atomic E-state index is 0.326. The van der Waals surface area contributed by atoms with Crippen LogP contribution < -0.4 is 0 Å². The van der Waals surface area contributed by atoms with Gasteiger partial charge in [0.2, 0.25) is 0 Å². The van der Waals surface area contributed by atoms with Crippen LogP contribution in [0.1, 0.15) is 24.0 Å². The molecule has 3 aromatic carbocycles. The summed E-state index contributed by atoms with van der Waals surface area (Å²) in [6.07, 6.45) is 0. The Morgan fingerprint density at radius 2 is 1.46 bits per heavy atom. The summed E-state index contributed by atoms with van der Waals surface area (Å²) in [7, 11) is 0. The Labute approximate surface area is 146 Å². The molecule has 0 aliphatic carbocycles. The van der Waals surface area contributed by atoms with Crippen molar-refractivity contribution in [3.05, 3.63) is 88.9 Å². The predicted octanol–water partition coefficient (Wildman–Crippen LogP) is 6.04. The molecule has 0 aliphatic heterocycles. The van der Waals surface area contributed by atoms with Crippen molar-refractivity contribution in [2.45, 2.75) is 12.8 Å². The SMILES string of the molecule is CC(c1ccc(Cl)cc1)c1ccc(-c2nc3ccccc3[nH]2)cc1. The zero-order valence-corrected chi connectivity index (χ0v) is 14.1. The highest BCUT2D eigenvalue weighted by Gasteiger charge is 2.10. The number of fused-ring (bicyclic) bond motifs is 1. The maximum Gasteiger partial charge on any atom is 0.138 e. The molecular weight excluding hydrogens is 316 g/mol. The Hall–Kier alpha value is -2.58. The quantitative estimate of drug-likeness (QED) is 0.487. The molecule has 0 bridgehead atoms. The van der Waals surface area contributed by atoms with E-state index in [1.165, 1.54) is 11.1 Å². The maximum absolute atomic E-state index is 5.97. The number of hydrogen-bond acceptors (Lipinski definition) is 1. The van der Waals surface area contributed by atoms with Gasteiger partial charge in [-0.1, -0.05) is 67.1 Å². The highest BCUT2D eigenvalue weighted by atomic mass is 35.5. The lowest BCUT2D eigenvalue weighted by molar-refractivity contribution is 0.922. The minimum atomic E-state index is 0.326. The first kappa shape index (κ1) is 15.0. The number of halogens is 1. The molecule has 0 aliphatic rings. The number of para-hydroxylation sites is 2. The van der Waals surface area contributed by atoms with Crippen molar-refractivity contribution in [2.24, 2.45) is 0 Å². The Kier molecular flexibility index (Phi) is 3.83. The lowest BCUT2D eigenvalue weighted by Gasteiger charge is -2.13. The van der Waals surface area contributed by atoms with Gasteiger partial charge in [0, 0.05) is 16.5 Å². The molecule has 24 heavy (non-hydrogen) atoms. The number of aromatic nitrogens is 2. The molecule has 1 N–H and O–H groups in total. The predicted molar refractivity (Wildman–Crippen MR) is 100 cm³/mol. The van der Waals surface area contributed by atoms with E-state index in [1.54, 1.807) is 0 Å². The largest absolute Gasteiger partial charge is 0.338 e. The molecule has 0 fully saturated rings. The van der Waals surface area contributed by atoms with Crippen molar-refractivity contribution in [1.82, 2.24) is 9.97 Å². The van der Waals surface area contributed by atoms with Gasteiger partial charge in [-0.25, -0.2) is 4.98 Å². The molecule has 2 nitrogen and oxygen atoms in total. The number of benzene rings is 3. The molecule has 1 atom stereocenters. The first-order valence-corrected chi connectivity index (χ1v) is 8.39. The van der Waals surface area contributed by atoms with Crippen LogP contribution in [0, 0.1) is 0 Å². The van der Waals surface area contributed by atoms with E-state index >= 15 is 0 Å². The first-order chi connectivity index (χ1) is 11.7. The number of nitrogens with one attached hydrogen (secondary N) is 1. The van der Waals surface area contributed by atoms with Gasteiger partial charge >= 0.3 is 0 Å². The molecular formula is C21H17ClN2. The molecule has 0 radical (unpaired) electrons. The molecule has 0 saturated carbocycles. The summed E-state index contributed by atoms with van der Waals surface area (Å²) in [5, 5.41) is 0.770. The Balaban J connectivity index is 1.63. The number of H-pyrrole nitrogens is 1. The highest BCUT2D eigenvalue weighted by molar-refractivity contribution is 6.30. The number of hydrogen-bond donors (Lipinski definition) is 1. The monoisotopic (exact) mass is 332 g/mol. The molecule has 1 heterocycles. The summed E-state index contributed by atoms with van der Waals surface area (Å²) in [5.41, 5.74) is 5.68. The molecule has 0 amide bonds. The van der Waals surface area contributed by atoms with Crippen molar-refractivity contribution in [3.8, 4) is 11.4 Å². The van der Waals surface area contributed by atoms with Gasteiger partial charge in [0.1, 0.15) is 5.82 Å². The Morgan fingerprint density at radius 1 is 0.833 bits per heavy atom. The average molecular weight is 333 g/mol. The van der Waals surface area contributed by atoms with Crippen LogP contribution in [-0.4, -0.2) is 9.97 Å². The van der Waals surface area contributed by atoms with Gasteiger partial charge in [0.05, 0.1) is 11.0 Å². The summed E-state index contributed by atoms with van der Waals surface area (Å²) in [4.78, 5) is 8.03. The zero-order valence-electron chi connectivity index (χ0n) is 13.3. The van der Waals surface area contributed by atoms with E-state index in [4.69, 9.17) is 11.6 Å². The average Bonchev–Trinajstić information content (AvgIpc) is 3.06. The van der Waals surface area contributed by atoms with E-state index in [9.17, 15) is 0 Å². The molecule has 118 valence electrons. The van der Waals surface area contributed by atoms with Gasteiger partial charge in [0.25, 0.3) is 0 Å². The fourth-order valence-electron chi connectivity index (χ4n) is 2.96. The molecule has 3 heteroatoms. The fraction of sp³-hybridized carbons (Fsp3) is 0.0952. The third-order valence-corrected chi connectivity index (χ3v) is 4.70. The lowest BCUT2D eigenvalue weighted by atomic mass is 9.92. The van der Waals surface area contributed by atoms with Crippen molar-refractivity contribution < 1.29 is 0 Å². The van der Waals surface area contributed by atoms with Crippen LogP contribution in [0.2, 0.25) is 5.02 Å². The highest BCUT2D eigenvalue weighted by Crippen LogP contribution is 2.27. The molecule has 4 rings (SSSR count). The van der Waals surface area contributed by atoms with Crippen molar-refractivity contribution in [1.29, 1.82) is 0 Å². The van der Waals surface area contributed by atoms with Gasteiger partial charge in [-0.15, -0.1) is 0 Å². The summed E-state index contributed by atoms with van der Waals surface area (Å²) in [6, 6.07) is 24.7. The van der Waals surface area contributed by atoms with E-state index in [0.717, 1.165) is 27.4 Å². The van der Waals surface area contributed by atoms with Gasteiger partial charge in [-0.05, 0) is 35.4 Å². The second-order valence-corrected chi connectivity index (χ2v) is 6.43. The Bertz CT molecular complexity index is 936. The minimum Gasteiger partial charge on any atom is -0.338 e. The Morgan fingerprint density at radius 3 is 2.12 bits per heavy atom. The standard InChI is InChI=1S/C21H17ClN2/c1-14(16-10-12-18(22)13-11-16)15-6-8-17(9-7-15)21-23-19-4-2-3-5-20(19)24-21/h2-14H,1H3,(H,23,24). The number of rotatable bonds is 3. The van der Waals surface area contributed by atoms with Crippen molar-refractivity contribution >= 4 is 22.6 Å². The van der Waals surface area contributed by atoms with Gasteiger partial charge in [0.15, 0.2) is 0 Å². The van der Waals surface area contributed by atoms with Crippen molar-refractivity contribution in [3.63, 3.8) is 0 Å². The third kappa shape index (κ3) is 2.81. The molecule has 0 saturated heterocycles. The second-order valence-electron chi connectivity index (χ2n) is 6.00. The van der Waals surface area contributed by atoms with E-state index in [-0.39, 0.29) is 0 Å². The molecule has 1 aromatic heterocycles. The summed E-state index contributed by atoms with van der Waals surface area (Å²) < 4.78 is 0. The summed E-state index contributed by atoms with van der Waals surface area (Å²) in [5.74, 6) is 1.23. The van der Waals surface area contributed by atoms with Crippen LogP contribution in [0.25, 0.3) is 22.4 Å². The third-order valence-electron chi connectivity index (χ3n) is 4.44. The summed E-state index contributed by atoms with van der Waals surface area (Å²) >= 11 is 5.97. The van der Waals surface area contributed by atoms with Gasteiger partial charge < -0.3 is 4.98 Å². The number of aromatic amines is 1. The van der Waals surface area contributed by atoms with E-state index in [1.807, 2.05) is 36.4 Å². The fourth-order valence-corrected chi connectivity index (χ4v) is 3.09. The number of imidazole rings is 1. The molecule has 0 spiro atoms. The maximum atomic E-state index is 5.97. The van der Waals surface area contributed by atoms with Crippen LogP contribution in [-0.2, 0) is 0 Å². The van der Waals surface area contributed by atoms with E-state index < -0.39 is 0 Å². The smallest absolute Gasteiger partial charge is 0.138 e. The first-order valence-electron chi connectivity index (χ1n) is 8.01. The molecule has 1 unspecified atom stereocenters. The van der Waals surface area contributed by atoms with Crippen molar-refractivity contribution in [2.75, 3.05) is 0 Å². The van der Waals surface area contributed by atoms with Gasteiger partial charge in [-0.3, -0.25) is 0 Å². The number of nitrogens with zero attached hydrogens (tertiary/aromatic N) is 1. The normalized spacial score (nSPS) is 12.4. The molecule has 4 aromatic rings. The van der Waals surface area contributed by atoms with Crippen LogP contribution >= 0.6 is 11.6 Å². The topological polar surface area (TPSA) is 28.7 Å². The van der Waals surface area contributed by atoms with E-state index in [0.29, 0.717) is 5.92 Å². The zero-order chi connectivity index (χ0) is 16.5. The van der Waals surface area contributed by atoms with Crippen LogP contribution in [0.3, 0.4) is 0 Å². The van der Waals surface area contributed by atoms with Crippen LogP contribution in [0.15, 0.2) is 72.8 Å². The van der Waals surface area contributed by atoms with Crippen LogP contribution in [0.4, 0.5) is 0 Å². The van der Waals surface area contributed by atoms with E-state index in [2.05, 4.69) is 53.3 Å². The van der Waals surface area contributed by atoms with Crippen LogP contribution in [0.5, 0.6) is 0 Å². The van der Waals surface area contributed by atoms with Gasteiger partial charge in [-0.2, -0.15) is 0 Å². The second kappa shape index (κ2) is 6.14. The lowest BCUT2D eigenvalue weighted by Crippen LogP contribution is -1.95. The summed E-state index contributed by atoms with van der Waals surface area (Å²) in [6.45, 7) is 2.21.